The van der Waals surface area contributed by atoms with Gasteiger partial charge in [-0.3, -0.25) is 16.3 Å². The summed E-state index contributed by atoms with van der Waals surface area (Å²) in [6, 6.07) is 3.41. The maximum Gasteiger partial charge on any atom is 0.150 e. The van der Waals surface area contributed by atoms with Gasteiger partial charge in [-0.1, -0.05) is 0 Å². The molecular formula is C12H19N3O3S. The predicted octanol–water partition coefficient (Wildman–Crippen LogP) is 0.419. The third-order valence-corrected chi connectivity index (χ3v) is 5.28. The van der Waals surface area contributed by atoms with Gasteiger partial charge in [0.25, 0.3) is 0 Å². The molecule has 0 bridgehead atoms. The van der Waals surface area contributed by atoms with Crippen molar-refractivity contribution < 1.29 is 13.2 Å². The van der Waals surface area contributed by atoms with Gasteiger partial charge in [0.15, 0.2) is 9.84 Å². The van der Waals surface area contributed by atoms with E-state index in [-0.39, 0.29) is 23.5 Å². The Morgan fingerprint density at radius 1 is 1.63 bits per heavy atom. The number of methoxy groups -OCH3 is 1. The number of hydrogen-bond donors (Lipinski definition) is 2. The molecule has 0 amide bonds. The van der Waals surface area contributed by atoms with Gasteiger partial charge in [0.1, 0.15) is 11.4 Å². The van der Waals surface area contributed by atoms with Gasteiger partial charge in [-0.05, 0) is 30.9 Å². The van der Waals surface area contributed by atoms with Gasteiger partial charge in [0.05, 0.1) is 24.7 Å². The first-order chi connectivity index (χ1) is 9.05. The normalized spacial score (nSPS) is 23.2. The number of aromatic nitrogens is 1. The van der Waals surface area contributed by atoms with Crippen LogP contribution in [0.4, 0.5) is 0 Å². The lowest BCUT2D eigenvalue weighted by Gasteiger charge is -2.20. The smallest absolute Gasteiger partial charge is 0.150 e. The SMILES string of the molecule is COc1cccnc1C(CC1CCS(=O)(=O)C1)NN. The third kappa shape index (κ3) is 3.43. The first-order valence-electron chi connectivity index (χ1n) is 6.21. The van der Waals surface area contributed by atoms with Crippen LogP contribution >= 0.6 is 0 Å². The summed E-state index contributed by atoms with van der Waals surface area (Å²) in [6.07, 6.45) is 3.01. The Kier molecular flexibility index (Phi) is 4.38. The summed E-state index contributed by atoms with van der Waals surface area (Å²) in [4.78, 5) is 4.28. The Bertz CT molecular complexity index is 533. The first kappa shape index (κ1) is 14.2. The molecule has 1 saturated heterocycles. The third-order valence-electron chi connectivity index (χ3n) is 3.45. The minimum Gasteiger partial charge on any atom is -0.495 e. The van der Waals surface area contributed by atoms with E-state index in [0.29, 0.717) is 18.6 Å². The molecule has 6 nitrogen and oxygen atoms in total. The summed E-state index contributed by atoms with van der Waals surface area (Å²) >= 11 is 0. The van der Waals surface area contributed by atoms with E-state index in [1.807, 2.05) is 6.07 Å². The Morgan fingerprint density at radius 3 is 3.00 bits per heavy atom. The predicted molar refractivity (Wildman–Crippen MR) is 72.2 cm³/mol. The zero-order valence-corrected chi connectivity index (χ0v) is 11.7. The zero-order chi connectivity index (χ0) is 13.9. The van der Waals surface area contributed by atoms with Crippen molar-refractivity contribution in [2.45, 2.75) is 18.9 Å². The minimum absolute atomic E-state index is 0.123. The van der Waals surface area contributed by atoms with Crippen LogP contribution in [0.5, 0.6) is 5.75 Å². The van der Waals surface area contributed by atoms with Crippen LogP contribution in [0.25, 0.3) is 0 Å². The average molecular weight is 285 g/mol. The van der Waals surface area contributed by atoms with Gasteiger partial charge in [-0.25, -0.2) is 8.42 Å². The topological polar surface area (TPSA) is 94.3 Å². The molecule has 0 spiro atoms. The molecule has 7 heteroatoms. The van der Waals surface area contributed by atoms with Gasteiger partial charge in [0, 0.05) is 6.20 Å². The van der Waals surface area contributed by atoms with Crippen molar-refractivity contribution in [2.24, 2.45) is 11.8 Å². The first-order valence-corrected chi connectivity index (χ1v) is 8.03. The number of nitrogens with one attached hydrogen (secondary N) is 1. The van der Waals surface area contributed by atoms with Crippen LogP contribution in [-0.4, -0.2) is 32.0 Å². The van der Waals surface area contributed by atoms with Crippen molar-refractivity contribution >= 4 is 9.84 Å². The minimum atomic E-state index is -2.87. The van der Waals surface area contributed by atoms with Crippen LogP contribution in [-0.2, 0) is 9.84 Å². The number of hydrazine groups is 1. The molecule has 2 heterocycles. The van der Waals surface area contributed by atoms with Crippen molar-refractivity contribution in [3.05, 3.63) is 24.0 Å². The summed E-state index contributed by atoms with van der Waals surface area (Å²) in [5.41, 5.74) is 3.43. The molecule has 1 fully saturated rings. The maximum absolute atomic E-state index is 11.5. The van der Waals surface area contributed by atoms with Crippen molar-refractivity contribution in [1.29, 1.82) is 0 Å². The van der Waals surface area contributed by atoms with E-state index in [2.05, 4.69) is 10.4 Å². The summed E-state index contributed by atoms with van der Waals surface area (Å²) in [5.74, 6) is 6.87. The van der Waals surface area contributed by atoms with Gasteiger partial charge in [-0.15, -0.1) is 0 Å². The number of sulfone groups is 1. The highest BCUT2D eigenvalue weighted by molar-refractivity contribution is 7.91. The molecule has 2 rings (SSSR count). The molecule has 3 N–H and O–H groups in total. The number of pyridine rings is 1. The Hall–Kier alpha value is -1.18. The molecule has 2 unspecified atom stereocenters. The lowest BCUT2D eigenvalue weighted by atomic mass is 9.97. The fourth-order valence-electron chi connectivity index (χ4n) is 2.49. The van der Waals surface area contributed by atoms with E-state index in [0.717, 1.165) is 5.69 Å². The summed E-state index contributed by atoms with van der Waals surface area (Å²) in [7, 11) is -1.29. The summed E-state index contributed by atoms with van der Waals surface area (Å²) in [5, 5.41) is 0. The highest BCUT2D eigenvalue weighted by Gasteiger charge is 2.31. The standard InChI is InChI=1S/C12H19N3O3S/c1-18-11-3-2-5-14-12(11)10(15-13)7-9-4-6-19(16,17)8-9/h2-3,5,9-10,15H,4,6-8,13H2,1H3. The average Bonchev–Trinajstić information content (AvgIpc) is 2.75. The number of rotatable bonds is 5. The van der Waals surface area contributed by atoms with E-state index < -0.39 is 9.84 Å². The van der Waals surface area contributed by atoms with E-state index >= 15 is 0 Å². The lowest BCUT2D eigenvalue weighted by molar-refractivity contribution is 0.371. The Balaban J connectivity index is 2.12. The van der Waals surface area contributed by atoms with E-state index in [9.17, 15) is 8.42 Å². The Morgan fingerprint density at radius 2 is 2.42 bits per heavy atom. The van der Waals surface area contributed by atoms with Gasteiger partial charge in [-0.2, -0.15) is 0 Å². The highest BCUT2D eigenvalue weighted by Crippen LogP contribution is 2.31. The number of nitrogens with zero attached hydrogens (tertiary/aromatic N) is 1. The van der Waals surface area contributed by atoms with Gasteiger partial charge in [0.2, 0.25) is 0 Å². The molecule has 0 aromatic carbocycles. The number of hydrogen-bond acceptors (Lipinski definition) is 6. The molecular weight excluding hydrogens is 266 g/mol. The second-order valence-electron chi connectivity index (χ2n) is 4.81. The highest BCUT2D eigenvalue weighted by atomic mass is 32.2. The second kappa shape index (κ2) is 5.85. The van der Waals surface area contributed by atoms with E-state index in [1.165, 1.54) is 0 Å². The molecule has 0 radical (unpaired) electrons. The molecule has 1 aliphatic heterocycles. The van der Waals surface area contributed by atoms with Gasteiger partial charge >= 0.3 is 0 Å². The van der Waals surface area contributed by atoms with Crippen LogP contribution in [0.2, 0.25) is 0 Å². The van der Waals surface area contributed by atoms with Crippen molar-refractivity contribution in [3.8, 4) is 5.75 Å². The monoisotopic (exact) mass is 285 g/mol. The number of ether oxygens (including phenoxy) is 1. The fraction of sp³-hybridized carbons (Fsp3) is 0.583. The largest absolute Gasteiger partial charge is 0.495 e. The number of nitrogens with two attached hydrogens (primary N) is 1. The van der Waals surface area contributed by atoms with Crippen molar-refractivity contribution in [2.75, 3.05) is 18.6 Å². The molecule has 19 heavy (non-hydrogen) atoms. The summed E-state index contributed by atoms with van der Waals surface area (Å²) < 4.78 is 28.2. The van der Waals surface area contributed by atoms with Crippen LogP contribution in [0.15, 0.2) is 18.3 Å². The van der Waals surface area contributed by atoms with Crippen LogP contribution < -0.4 is 16.0 Å². The molecule has 1 aromatic rings. The van der Waals surface area contributed by atoms with Crippen molar-refractivity contribution in [1.82, 2.24) is 10.4 Å². The van der Waals surface area contributed by atoms with Crippen LogP contribution in [0.1, 0.15) is 24.6 Å². The molecule has 0 saturated carbocycles. The van der Waals surface area contributed by atoms with E-state index in [4.69, 9.17) is 10.6 Å². The van der Waals surface area contributed by atoms with E-state index in [1.54, 1.807) is 19.4 Å². The van der Waals surface area contributed by atoms with Crippen LogP contribution in [0, 0.1) is 5.92 Å². The molecule has 0 aliphatic carbocycles. The molecule has 106 valence electrons. The van der Waals surface area contributed by atoms with Crippen molar-refractivity contribution in [3.63, 3.8) is 0 Å². The maximum atomic E-state index is 11.5. The van der Waals surface area contributed by atoms with Gasteiger partial charge < -0.3 is 4.74 Å². The lowest BCUT2D eigenvalue weighted by Crippen LogP contribution is -2.31. The quantitative estimate of drug-likeness (QED) is 0.601. The molecule has 2 atom stereocenters. The molecule has 1 aliphatic rings. The molecule has 1 aromatic heterocycles. The fourth-order valence-corrected chi connectivity index (χ4v) is 4.37. The van der Waals surface area contributed by atoms with Crippen LogP contribution in [0.3, 0.4) is 0 Å². The zero-order valence-electron chi connectivity index (χ0n) is 10.9. The summed E-state index contributed by atoms with van der Waals surface area (Å²) in [6.45, 7) is 0. The second-order valence-corrected chi connectivity index (χ2v) is 7.04. The Labute approximate surface area is 113 Å².